The molecule has 5 nitrogen and oxygen atoms in total. The fraction of sp³-hybridized carbons (Fsp3) is 0.634. The van der Waals surface area contributed by atoms with Crippen molar-refractivity contribution in [1.82, 2.24) is 0 Å². The Morgan fingerprint density at radius 2 is 1.30 bits per heavy atom. The van der Waals surface area contributed by atoms with E-state index in [1.807, 2.05) is 0 Å². The second kappa shape index (κ2) is 18.4. The van der Waals surface area contributed by atoms with E-state index >= 15 is 0 Å². The number of unbranched alkanes of at least 4 members (excludes halogenated alkanes) is 16. The Kier molecular flexibility index (Phi) is 13.8. The van der Waals surface area contributed by atoms with E-state index < -0.39 is 0 Å². The number of hydrogen-bond donors (Lipinski definition) is 0. The quantitative estimate of drug-likeness (QED) is 0.0818. The number of rotatable bonds is 22. The summed E-state index contributed by atoms with van der Waals surface area (Å²) in [4.78, 5) is 0. The number of aromatic nitrogens is 1. The molecule has 0 radical (unpaired) electrons. The zero-order chi connectivity index (χ0) is 32.0. The van der Waals surface area contributed by atoms with Gasteiger partial charge in [0.15, 0.2) is 35.7 Å². The average molecular weight is 631 g/mol. The molecule has 0 unspecified atom stereocenters. The summed E-state index contributed by atoms with van der Waals surface area (Å²) in [6.45, 7) is 6.55. The van der Waals surface area contributed by atoms with Gasteiger partial charge in [-0.15, -0.1) is 0 Å². The van der Waals surface area contributed by atoms with Crippen molar-refractivity contribution >= 4 is 10.8 Å². The number of methoxy groups -OCH3 is 1. The molecule has 0 N–H and O–H groups in total. The summed E-state index contributed by atoms with van der Waals surface area (Å²) in [5.41, 5.74) is 5.41. The minimum Gasteiger partial charge on any atom is -0.493 e. The standard InChI is InChI=1S/C41H60NO4/c1-4-6-8-10-12-14-15-16-18-20-22-34-33-23-24-37(43-3)41(44-27-21-19-17-13-11-9-7-5-2)36(33)30-42-26-25-32-28-38-39(46-31-45-38)29-35(32)40(34)42/h23-24,28-30H,4-22,25-27,31H2,1-3H3/q+1. The first kappa shape index (κ1) is 34.4. The molecule has 0 saturated carbocycles. The van der Waals surface area contributed by atoms with Crippen molar-refractivity contribution in [3.8, 4) is 34.3 Å². The molecule has 0 bridgehead atoms. The molecule has 3 aromatic rings. The molecule has 2 aliphatic heterocycles. The van der Waals surface area contributed by atoms with Crippen LogP contribution in [0.3, 0.4) is 0 Å². The van der Waals surface area contributed by atoms with Gasteiger partial charge in [-0.1, -0.05) is 117 Å². The summed E-state index contributed by atoms with van der Waals surface area (Å²) in [7, 11) is 1.76. The number of ether oxygens (including phenoxy) is 4. The van der Waals surface area contributed by atoms with Gasteiger partial charge in [0.25, 0.3) is 0 Å². The van der Waals surface area contributed by atoms with Crippen LogP contribution >= 0.6 is 0 Å². The second-order valence-corrected chi connectivity index (χ2v) is 13.6. The first-order chi connectivity index (χ1) is 22.7. The van der Waals surface area contributed by atoms with Crippen molar-refractivity contribution in [2.24, 2.45) is 0 Å². The number of fused-ring (bicyclic) bond motifs is 5. The predicted octanol–water partition coefficient (Wildman–Crippen LogP) is 11.1. The maximum absolute atomic E-state index is 6.59. The van der Waals surface area contributed by atoms with Crippen molar-refractivity contribution in [3.63, 3.8) is 0 Å². The van der Waals surface area contributed by atoms with Crippen LogP contribution in [-0.2, 0) is 19.4 Å². The number of pyridine rings is 1. The highest BCUT2D eigenvalue weighted by Crippen LogP contribution is 2.44. The lowest BCUT2D eigenvalue weighted by molar-refractivity contribution is -0.686. The molecule has 0 aliphatic carbocycles. The van der Waals surface area contributed by atoms with Gasteiger partial charge >= 0.3 is 0 Å². The third kappa shape index (κ3) is 8.89. The van der Waals surface area contributed by atoms with E-state index in [1.165, 1.54) is 142 Å². The summed E-state index contributed by atoms with van der Waals surface area (Å²) in [5.74, 6) is 3.48. The highest BCUT2D eigenvalue weighted by atomic mass is 16.7. The van der Waals surface area contributed by atoms with Gasteiger partial charge in [0.1, 0.15) is 0 Å². The smallest absolute Gasteiger partial charge is 0.231 e. The molecule has 1 aromatic heterocycles. The van der Waals surface area contributed by atoms with Crippen LogP contribution in [0, 0.1) is 0 Å². The largest absolute Gasteiger partial charge is 0.493 e. The fourth-order valence-electron chi connectivity index (χ4n) is 7.40. The molecule has 2 aromatic carbocycles. The Morgan fingerprint density at radius 1 is 0.696 bits per heavy atom. The van der Waals surface area contributed by atoms with Crippen LogP contribution in [0.4, 0.5) is 0 Å². The van der Waals surface area contributed by atoms with Crippen LogP contribution in [-0.4, -0.2) is 20.5 Å². The average Bonchev–Trinajstić information content (AvgIpc) is 3.54. The van der Waals surface area contributed by atoms with Crippen molar-refractivity contribution < 1.29 is 23.5 Å². The van der Waals surface area contributed by atoms with E-state index in [1.54, 1.807) is 7.11 Å². The molecule has 0 atom stereocenters. The van der Waals surface area contributed by atoms with Gasteiger partial charge in [-0.2, -0.15) is 4.57 Å². The topological polar surface area (TPSA) is 40.8 Å². The lowest BCUT2D eigenvalue weighted by atomic mass is 9.89. The van der Waals surface area contributed by atoms with Gasteiger partial charge in [-0.25, -0.2) is 0 Å². The lowest BCUT2D eigenvalue weighted by Gasteiger charge is -2.21. The number of aryl methyl sites for hydroxylation is 3. The van der Waals surface area contributed by atoms with E-state index in [-0.39, 0.29) is 0 Å². The van der Waals surface area contributed by atoms with Crippen molar-refractivity contribution in [2.75, 3.05) is 20.5 Å². The minimum atomic E-state index is 0.306. The Hall–Kier alpha value is -2.95. The van der Waals surface area contributed by atoms with E-state index in [0.717, 1.165) is 55.4 Å². The Labute approximate surface area is 279 Å². The molecule has 0 spiro atoms. The molecule has 5 rings (SSSR count). The molecule has 0 amide bonds. The number of hydrogen-bond acceptors (Lipinski definition) is 4. The highest BCUT2D eigenvalue weighted by molar-refractivity contribution is 5.95. The van der Waals surface area contributed by atoms with Gasteiger partial charge in [-0.05, 0) is 49.1 Å². The van der Waals surface area contributed by atoms with Crippen molar-refractivity contribution in [1.29, 1.82) is 0 Å². The van der Waals surface area contributed by atoms with Crippen molar-refractivity contribution in [3.05, 3.63) is 41.6 Å². The number of benzene rings is 2. The second-order valence-electron chi connectivity index (χ2n) is 13.6. The van der Waals surface area contributed by atoms with Crippen LogP contribution in [0.25, 0.3) is 22.0 Å². The highest BCUT2D eigenvalue weighted by Gasteiger charge is 2.32. The van der Waals surface area contributed by atoms with E-state index in [2.05, 4.69) is 48.9 Å². The summed E-state index contributed by atoms with van der Waals surface area (Å²) in [6.07, 6.45) is 28.1. The lowest BCUT2D eigenvalue weighted by Crippen LogP contribution is -2.41. The van der Waals surface area contributed by atoms with Gasteiger partial charge < -0.3 is 18.9 Å². The summed E-state index contributed by atoms with van der Waals surface area (Å²) in [6, 6.07) is 8.82. The minimum absolute atomic E-state index is 0.306. The molecule has 5 heteroatoms. The van der Waals surface area contributed by atoms with Gasteiger partial charge in [0.2, 0.25) is 12.5 Å². The Balaban J connectivity index is 1.34. The van der Waals surface area contributed by atoms with Crippen LogP contribution in [0.5, 0.6) is 23.0 Å². The zero-order valence-corrected chi connectivity index (χ0v) is 29.2. The SMILES string of the molecule is CCCCCCCCCCCCc1c2[n+](cc3c(OCCCCCCCCCC)c(OC)ccc13)CCc1cc3c(cc1-2)OCO3. The Morgan fingerprint density at radius 3 is 1.96 bits per heavy atom. The van der Waals surface area contributed by atoms with Gasteiger partial charge in [0, 0.05) is 17.4 Å². The maximum atomic E-state index is 6.59. The third-order valence-corrected chi connectivity index (χ3v) is 10.1. The zero-order valence-electron chi connectivity index (χ0n) is 29.2. The maximum Gasteiger partial charge on any atom is 0.231 e. The monoisotopic (exact) mass is 630 g/mol. The summed E-state index contributed by atoms with van der Waals surface area (Å²) < 4.78 is 26.6. The summed E-state index contributed by atoms with van der Waals surface area (Å²) in [5, 5.41) is 2.47. The molecular weight excluding hydrogens is 570 g/mol. The normalized spacial score (nSPS) is 13.2. The fourth-order valence-corrected chi connectivity index (χ4v) is 7.40. The molecule has 2 aliphatic rings. The van der Waals surface area contributed by atoms with Crippen LogP contribution in [0.15, 0.2) is 30.5 Å². The van der Waals surface area contributed by atoms with Gasteiger partial charge in [0.05, 0.1) is 24.7 Å². The molecular formula is C41H60NO4+. The molecule has 3 heterocycles. The molecule has 46 heavy (non-hydrogen) atoms. The van der Waals surface area contributed by atoms with Crippen LogP contribution in [0.1, 0.15) is 141 Å². The predicted molar refractivity (Wildman–Crippen MR) is 190 cm³/mol. The van der Waals surface area contributed by atoms with Crippen LogP contribution in [0.2, 0.25) is 0 Å². The van der Waals surface area contributed by atoms with Crippen molar-refractivity contribution in [2.45, 2.75) is 149 Å². The summed E-state index contributed by atoms with van der Waals surface area (Å²) >= 11 is 0. The van der Waals surface area contributed by atoms with Gasteiger partial charge in [-0.3, -0.25) is 0 Å². The first-order valence-corrected chi connectivity index (χ1v) is 18.9. The number of nitrogens with zero attached hydrogens (tertiary/aromatic N) is 1. The third-order valence-electron chi connectivity index (χ3n) is 10.1. The Bertz CT molecular complexity index is 1380. The molecule has 252 valence electrons. The van der Waals surface area contributed by atoms with E-state index in [0.29, 0.717) is 6.79 Å². The van der Waals surface area contributed by atoms with Crippen LogP contribution < -0.4 is 23.5 Å². The molecule has 0 saturated heterocycles. The molecule has 0 fully saturated rings. The first-order valence-electron chi connectivity index (χ1n) is 18.9. The van der Waals surface area contributed by atoms with E-state index in [9.17, 15) is 0 Å². The van der Waals surface area contributed by atoms with E-state index in [4.69, 9.17) is 18.9 Å².